The average molecular weight is 238 g/mol. The van der Waals surface area contributed by atoms with Crippen LogP contribution in [0.3, 0.4) is 0 Å². The Kier molecular flexibility index (Phi) is 2.65. The maximum absolute atomic E-state index is 12.8. The molecule has 0 aliphatic rings. The molecule has 3 rings (SSSR count). The van der Waals surface area contributed by atoms with Gasteiger partial charge in [0.2, 0.25) is 0 Å². The van der Waals surface area contributed by atoms with Crippen molar-refractivity contribution in [1.29, 1.82) is 0 Å². The fraction of sp³-hybridized carbons (Fsp3) is 0. The standard InChI is InChI=1S/C15H11FN2/c16-14-5-3-12(4-6-14)1-2-13-8-10-18-15(11-13)7-9-17-18/h1-11H/b2-1+. The van der Waals surface area contributed by atoms with E-state index in [1.54, 1.807) is 18.3 Å². The molecule has 2 heterocycles. The van der Waals surface area contributed by atoms with Crippen LogP contribution in [0.25, 0.3) is 17.7 Å². The van der Waals surface area contributed by atoms with E-state index in [0.29, 0.717) is 0 Å². The van der Waals surface area contributed by atoms with Crippen molar-refractivity contribution in [3.63, 3.8) is 0 Å². The Bertz CT molecular complexity index is 696. The maximum Gasteiger partial charge on any atom is 0.123 e. The van der Waals surface area contributed by atoms with Crippen LogP contribution in [0.1, 0.15) is 11.1 Å². The second-order valence-electron chi connectivity index (χ2n) is 4.05. The molecule has 0 amide bonds. The summed E-state index contributed by atoms with van der Waals surface area (Å²) in [6.45, 7) is 0. The molecule has 88 valence electrons. The predicted octanol–water partition coefficient (Wildman–Crippen LogP) is 3.64. The molecule has 0 aliphatic heterocycles. The van der Waals surface area contributed by atoms with Crippen LogP contribution in [0, 0.1) is 5.82 Å². The van der Waals surface area contributed by atoms with E-state index in [0.717, 1.165) is 16.6 Å². The van der Waals surface area contributed by atoms with Crippen LogP contribution >= 0.6 is 0 Å². The summed E-state index contributed by atoms with van der Waals surface area (Å²) < 4.78 is 14.6. The Morgan fingerprint density at radius 3 is 2.56 bits per heavy atom. The van der Waals surface area contributed by atoms with Gasteiger partial charge in [0.15, 0.2) is 0 Å². The lowest BCUT2D eigenvalue weighted by Crippen LogP contribution is -1.85. The topological polar surface area (TPSA) is 17.3 Å². The van der Waals surface area contributed by atoms with Crippen molar-refractivity contribution in [2.45, 2.75) is 0 Å². The molecule has 3 heteroatoms. The lowest BCUT2D eigenvalue weighted by atomic mass is 10.1. The molecule has 2 aromatic heterocycles. The molecule has 0 radical (unpaired) electrons. The fourth-order valence-electron chi connectivity index (χ4n) is 1.81. The van der Waals surface area contributed by atoms with Crippen molar-refractivity contribution >= 4 is 17.7 Å². The number of hydrogen-bond acceptors (Lipinski definition) is 1. The summed E-state index contributed by atoms with van der Waals surface area (Å²) in [7, 11) is 0. The van der Waals surface area contributed by atoms with Crippen molar-refractivity contribution in [2.75, 3.05) is 0 Å². The molecular weight excluding hydrogens is 227 g/mol. The van der Waals surface area contributed by atoms with E-state index < -0.39 is 0 Å². The molecule has 3 aromatic rings. The van der Waals surface area contributed by atoms with E-state index in [-0.39, 0.29) is 5.82 Å². The van der Waals surface area contributed by atoms with E-state index in [4.69, 9.17) is 0 Å². The summed E-state index contributed by atoms with van der Waals surface area (Å²) >= 11 is 0. The van der Waals surface area contributed by atoms with Gasteiger partial charge in [-0.25, -0.2) is 8.91 Å². The first-order chi connectivity index (χ1) is 8.81. The van der Waals surface area contributed by atoms with Crippen LogP contribution < -0.4 is 0 Å². The Hall–Kier alpha value is -2.42. The fourth-order valence-corrected chi connectivity index (χ4v) is 1.81. The Morgan fingerprint density at radius 1 is 0.944 bits per heavy atom. The highest BCUT2D eigenvalue weighted by Gasteiger charge is 1.94. The van der Waals surface area contributed by atoms with Crippen LogP contribution in [0.2, 0.25) is 0 Å². The van der Waals surface area contributed by atoms with Gasteiger partial charge >= 0.3 is 0 Å². The minimum atomic E-state index is -0.215. The molecule has 0 saturated carbocycles. The minimum absolute atomic E-state index is 0.215. The van der Waals surface area contributed by atoms with Crippen molar-refractivity contribution in [3.05, 3.63) is 71.8 Å². The molecule has 0 unspecified atom stereocenters. The largest absolute Gasteiger partial charge is 0.241 e. The molecule has 2 nitrogen and oxygen atoms in total. The van der Waals surface area contributed by atoms with Crippen LogP contribution in [0.5, 0.6) is 0 Å². The minimum Gasteiger partial charge on any atom is -0.241 e. The lowest BCUT2D eigenvalue weighted by molar-refractivity contribution is 0.628. The van der Waals surface area contributed by atoms with E-state index >= 15 is 0 Å². The van der Waals surface area contributed by atoms with E-state index in [2.05, 4.69) is 5.10 Å². The second kappa shape index (κ2) is 4.45. The van der Waals surface area contributed by atoms with Crippen LogP contribution in [-0.2, 0) is 0 Å². The lowest BCUT2D eigenvalue weighted by Gasteiger charge is -1.96. The zero-order valence-electron chi connectivity index (χ0n) is 9.62. The smallest absolute Gasteiger partial charge is 0.123 e. The number of fused-ring (bicyclic) bond motifs is 1. The van der Waals surface area contributed by atoms with Crippen molar-refractivity contribution in [2.24, 2.45) is 0 Å². The first-order valence-corrected chi connectivity index (χ1v) is 5.68. The van der Waals surface area contributed by atoms with Gasteiger partial charge in [-0.05, 0) is 41.5 Å². The van der Waals surface area contributed by atoms with Crippen LogP contribution in [0.15, 0.2) is 54.9 Å². The molecule has 0 aliphatic carbocycles. The zero-order chi connectivity index (χ0) is 12.4. The SMILES string of the molecule is Fc1ccc(/C=C/c2ccn3nccc3c2)cc1. The molecule has 0 fully saturated rings. The van der Waals surface area contributed by atoms with E-state index in [1.165, 1.54) is 12.1 Å². The third kappa shape index (κ3) is 2.15. The highest BCUT2D eigenvalue weighted by atomic mass is 19.1. The third-order valence-electron chi connectivity index (χ3n) is 2.76. The van der Waals surface area contributed by atoms with Gasteiger partial charge in [0, 0.05) is 12.4 Å². The summed E-state index contributed by atoms with van der Waals surface area (Å²) in [4.78, 5) is 0. The van der Waals surface area contributed by atoms with Crippen molar-refractivity contribution in [3.8, 4) is 0 Å². The van der Waals surface area contributed by atoms with Gasteiger partial charge in [0.1, 0.15) is 5.82 Å². The summed E-state index contributed by atoms with van der Waals surface area (Å²) in [5.41, 5.74) is 3.12. The number of aromatic nitrogens is 2. The predicted molar refractivity (Wildman–Crippen MR) is 70.5 cm³/mol. The number of nitrogens with zero attached hydrogens (tertiary/aromatic N) is 2. The van der Waals surface area contributed by atoms with Gasteiger partial charge in [0.25, 0.3) is 0 Å². The third-order valence-corrected chi connectivity index (χ3v) is 2.76. The summed E-state index contributed by atoms with van der Waals surface area (Å²) in [5.74, 6) is -0.215. The molecule has 0 atom stereocenters. The number of pyridine rings is 1. The highest BCUT2D eigenvalue weighted by molar-refractivity contribution is 5.71. The second-order valence-corrected chi connectivity index (χ2v) is 4.05. The maximum atomic E-state index is 12.8. The van der Waals surface area contributed by atoms with Crippen LogP contribution in [-0.4, -0.2) is 9.61 Å². The average Bonchev–Trinajstić information content (AvgIpc) is 2.85. The first kappa shape index (κ1) is 10.7. The summed E-state index contributed by atoms with van der Waals surface area (Å²) in [5, 5.41) is 4.14. The molecule has 18 heavy (non-hydrogen) atoms. The van der Waals surface area contributed by atoms with Crippen molar-refractivity contribution in [1.82, 2.24) is 9.61 Å². The number of rotatable bonds is 2. The van der Waals surface area contributed by atoms with Gasteiger partial charge in [-0.3, -0.25) is 0 Å². The van der Waals surface area contributed by atoms with Gasteiger partial charge in [-0.2, -0.15) is 5.10 Å². The van der Waals surface area contributed by atoms with Gasteiger partial charge in [-0.15, -0.1) is 0 Å². The Balaban J connectivity index is 1.88. The summed E-state index contributed by atoms with van der Waals surface area (Å²) in [6.07, 6.45) is 7.64. The monoisotopic (exact) mass is 238 g/mol. The molecule has 0 spiro atoms. The van der Waals surface area contributed by atoms with Gasteiger partial charge < -0.3 is 0 Å². The summed E-state index contributed by atoms with van der Waals surface area (Å²) in [6, 6.07) is 12.4. The molecular formula is C15H11FN2. The quantitative estimate of drug-likeness (QED) is 0.666. The van der Waals surface area contributed by atoms with Crippen molar-refractivity contribution < 1.29 is 4.39 Å². The Morgan fingerprint density at radius 2 is 1.72 bits per heavy atom. The number of halogens is 1. The highest BCUT2D eigenvalue weighted by Crippen LogP contribution is 2.11. The van der Waals surface area contributed by atoms with E-state index in [1.807, 2.05) is 41.1 Å². The number of hydrogen-bond donors (Lipinski definition) is 0. The van der Waals surface area contributed by atoms with Gasteiger partial charge in [0.05, 0.1) is 5.52 Å². The molecule has 1 aromatic carbocycles. The van der Waals surface area contributed by atoms with E-state index in [9.17, 15) is 4.39 Å². The first-order valence-electron chi connectivity index (χ1n) is 5.68. The van der Waals surface area contributed by atoms with Gasteiger partial charge in [-0.1, -0.05) is 24.3 Å². The molecule has 0 saturated heterocycles. The Labute approximate surface area is 104 Å². The normalized spacial score (nSPS) is 11.4. The number of benzene rings is 1. The molecule has 0 bridgehead atoms. The molecule has 0 N–H and O–H groups in total. The zero-order valence-corrected chi connectivity index (χ0v) is 9.62. The van der Waals surface area contributed by atoms with Crippen LogP contribution in [0.4, 0.5) is 4.39 Å².